The van der Waals surface area contributed by atoms with Crippen molar-refractivity contribution in [2.45, 2.75) is 13.8 Å². The molecule has 0 bridgehead atoms. The first-order chi connectivity index (χ1) is 11.4. The van der Waals surface area contributed by atoms with E-state index in [1.54, 1.807) is 13.8 Å². The van der Waals surface area contributed by atoms with Crippen LogP contribution in [0.25, 0.3) is 10.2 Å². The van der Waals surface area contributed by atoms with Gasteiger partial charge in [0, 0.05) is 5.69 Å². The third-order valence-electron chi connectivity index (χ3n) is 3.51. The second-order valence-electron chi connectivity index (χ2n) is 5.22. The lowest BCUT2D eigenvalue weighted by Crippen LogP contribution is -2.12. The van der Waals surface area contributed by atoms with Gasteiger partial charge < -0.3 is 15.4 Å². The van der Waals surface area contributed by atoms with Crippen molar-refractivity contribution in [2.24, 2.45) is 0 Å². The molecule has 2 heterocycles. The lowest BCUT2D eigenvalue weighted by Gasteiger charge is -2.04. The van der Waals surface area contributed by atoms with Crippen molar-refractivity contribution in [3.63, 3.8) is 0 Å². The summed E-state index contributed by atoms with van der Waals surface area (Å²) in [5, 5.41) is 12.0. The molecule has 3 aromatic rings. The van der Waals surface area contributed by atoms with Crippen LogP contribution >= 0.6 is 11.3 Å². The first kappa shape index (κ1) is 15.9. The zero-order valence-electron chi connectivity index (χ0n) is 12.8. The molecule has 0 spiro atoms. The number of hydrogen-bond acceptors (Lipinski definition) is 5. The maximum absolute atomic E-state index is 12.5. The maximum atomic E-state index is 12.5. The number of amides is 1. The largest absolute Gasteiger partial charge is 0.478 e. The first-order valence-electron chi connectivity index (χ1n) is 7.01. The summed E-state index contributed by atoms with van der Waals surface area (Å²) in [5.41, 5.74) is 0.914. The Balaban J connectivity index is 1.94. The number of nitrogens with one attached hydrogen (secondary N) is 2. The molecule has 2 aromatic heterocycles. The van der Waals surface area contributed by atoms with E-state index in [9.17, 15) is 14.4 Å². The van der Waals surface area contributed by atoms with Crippen LogP contribution in [0.2, 0.25) is 0 Å². The van der Waals surface area contributed by atoms with Crippen molar-refractivity contribution in [3.8, 4) is 0 Å². The summed E-state index contributed by atoms with van der Waals surface area (Å²) in [6.45, 7) is 3.38. The molecule has 8 heteroatoms. The lowest BCUT2D eigenvalue weighted by atomic mass is 10.2. The molecule has 0 aliphatic rings. The summed E-state index contributed by atoms with van der Waals surface area (Å²) in [5.74, 6) is -0.908. The summed E-state index contributed by atoms with van der Waals surface area (Å²) < 4.78 is 0. The Morgan fingerprint density at radius 2 is 1.88 bits per heavy atom. The van der Waals surface area contributed by atoms with Gasteiger partial charge in [-0.05, 0) is 43.7 Å². The monoisotopic (exact) mass is 343 g/mol. The van der Waals surface area contributed by atoms with E-state index >= 15 is 0 Å². The molecular formula is C16H13N3O4S. The second kappa shape index (κ2) is 5.89. The van der Waals surface area contributed by atoms with E-state index in [2.05, 4.69) is 15.3 Å². The number of fused-ring (bicyclic) bond motifs is 1. The van der Waals surface area contributed by atoms with Crippen LogP contribution in [0.1, 0.15) is 31.4 Å². The number of rotatable bonds is 3. The first-order valence-corrected chi connectivity index (χ1v) is 7.83. The average Bonchev–Trinajstić information content (AvgIpc) is 2.84. The van der Waals surface area contributed by atoms with Gasteiger partial charge >= 0.3 is 5.97 Å². The third kappa shape index (κ3) is 2.79. The number of benzene rings is 1. The number of thiophene rings is 1. The minimum Gasteiger partial charge on any atom is -0.478 e. The van der Waals surface area contributed by atoms with E-state index in [-0.39, 0.29) is 17.0 Å². The van der Waals surface area contributed by atoms with E-state index < -0.39 is 5.97 Å². The number of nitrogens with zero attached hydrogens (tertiary/aromatic N) is 1. The van der Waals surface area contributed by atoms with Crippen LogP contribution in [0.3, 0.4) is 0 Å². The summed E-state index contributed by atoms with van der Waals surface area (Å²) in [4.78, 5) is 43.1. The average molecular weight is 343 g/mol. The highest BCUT2D eigenvalue weighted by Crippen LogP contribution is 2.27. The molecule has 3 rings (SSSR count). The molecule has 0 radical (unpaired) electrons. The summed E-state index contributed by atoms with van der Waals surface area (Å²) in [6.07, 6.45) is 0. The van der Waals surface area contributed by atoms with Crippen LogP contribution in [0.15, 0.2) is 29.1 Å². The molecule has 0 unspecified atom stereocenters. The van der Waals surface area contributed by atoms with Crippen molar-refractivity contribution in [2.75, 3.05) is 5.32 Å². The van der Waals surface area contributed by atoms with Crippen molar-refractivity contribution in [1.29, 1.82) is 0 Å². The Hall–Kier alpha value is -3.00. The number of anilines is 1. The predicted octanol–water partition coefficient (Wildman–Crippen LogP) is 2.55. The fourth-order valence-electron chi connectivity index (χ4n) is 2.35. The van der Waals surface area contributed by atoms with Gasteiger partial charge in [0.1, 0.15) is 10.7 Å². The van der Waals surface area contributed by atoms with Gasteiger partial charge in [0.15, 0.2) is 0 Å². The van der Waals surface area contributed by atoms with E-state index in [0.717, 1.165) is 11.3 Å². The standard InChI is InChI=1S/C16H13N3O4S/c1-7-11-13(20)17-8(2)18-15(11)24-12(7)14(21)19-10-5-3-9(4-6-10)16(22)23/h3-6H,1-2H3,(H,19,21)(H,22,23)(H,17,18,20). The SMILES string of the molecule is Cc1nc2sc(C(=O)Nc3ccc(C(=O)O)cc3)c(C)c2c(=O)[nH]1. The number of aromatic amines is 1. The van der Waals surface area contributed by atoms with Gasteiger partial charge in [-0.25, -0.2) is 9.78 Å². The second-order valence-corrected chi connectivity index (χ2v) is 6.22. The summed E-state index contributed by atoms with van der Waals surface area (Å²) in [6, 6.07) is 5.84. The fraction of sp³-hybridized carbons (Fsp3) is 0.125. The zero-order valence-corrected chi connectivity index (χ0v) is 13.7. The Morgan fingerprint density at radius 3 is 2.50 bits per heavy atom. The highest BCUT2D eigenvalue weighted by molar-refractivity contribution is 7.20. The van der Waals surface area contributed by atoms with Gasteiger partial charge in [-0.1, -0.05) is 0 Å². The number of carbonyl (C=O) groups excluding carboxylic acids is 1. The molecule has 1 aromatic carbocycles. The quantitative estimate of drug-likeness (QED) is 0.676. The number of carboxylic acid groups (broad SMARTS) is 1. The van der Waals surface area contributed by atoms with Crippen LogP contribution in [-0.4, -0.2) is 27.0 Å². The highest BCUT2D eigenvalue weighted by atomic mass is 32.1. The number of aromatic carboxylic acids is 1. The Morgan fingerprint density at radius 1 is 1.21 bits per heavy atom. The Kier molecular flexibility index (Phi) is 3.90. The van der Waals surface area contributed by atoms with Crippen LogP contribution < -0.4 is 10.9 Å². The van der Waals surface area contributed by atoms with E-state index in [1.807, 2.05) is 0 Å². The van der Waals surface area contributed by atoms with Crippen molar-refractivity contribution in [1.82, 2.24) is 9.97 Å². The van der Waals surface area contributed by atoms with E-state index in [4.69, 9.17) is 5.11 Å². The molecule has 24 heavy (non-hydrogen) atoms. The molecule has 122 valence electrons. The smallest absolute Gasteiger partial charge is 0.335 e. The van der Waals surface area contributed by atoms with E-state index in [1.165, 1.54) is 24.3 Å². The van der Waals surface area contributed by atoms with Crippen LogP contribution in [0.4, 0.5) is 5.69 Å². The summed E-state index contributed by atoms with van der Waals surface area (Å²) in [7, 11) is 0. The van der Waals surface area contributed by atoms with Crippen LogP contribution in [0, 0.1) is 13.8 Å². The maximum Gasteiger partial charge on any atom is 0.335 e. The number of H-pyrrole nitrogens is 1. The molecule has 0 fully saturated rings. The van der Waals surface area contributed by atoms with Gasteiger partial charge in [0.25, 0.3) is 11.5 Å². The topological polar surface area (TPSA) is 112 Å². The molecule has 0 aliphatic carbocycles. The molecule has 3 N–H and O–H groups in total. The van der Waals surface area contributed by atoms with Crippen LogP contribution in [-0.2, 0) is 0 Å². The highest BCUT2D eigenvalue weighted by Gasteiger charge is 2.19. The minimum absolute atomic E-state index is 0.136. The number of aryl methyl sites for hydroxylation is 2. The normalized spacial score (nSPS) is 10.8. The number of hydrogen-bond donors (Lipinski definition) is 3. The van der Waals surface area contributed by atoms with Crippen molar-refractivity contribution >= 4 is 39.1 Å². The predicted molar refractivity (Wildman–Crippen MR) is 91.1 cm³/mol. The fourth-order valence-corrected chi connectivity index (χ4v) is 3.47. The van der Waals surface area contributed by atoms with Gasteiger partial charge in [-0.15, -0.1) is 11.3 Å². The Bertz CT molecular complexity index is 1020. The zero-order chi connectivity index (χ0) is 17.4. The molecular weight excluding hydrogens is 330 g/mol. The molecule has 0 atom stereocenters. The Labute approximate surface area is 140 Å². The number of carboxylic acids is 1. The third-order valence-corrected chi connectivity index (χ3v) is 4.70. The van der Waals surface area contributed by atoms with Crippen molar-refractivity contribution < 1.29 is 14.7 Å². The molecule has 1 amide bonds. The minimum atomic E-state index is -1.03. The van der Waals surface area contributed by atoms with Gasteiger partial charge in [0.05, 0.1) is 15.8 Å². The number of aromatic nitrogens is 2. The van der Waals surface area contributed by atoms with Gasteiger partial charge in [-0.3, -0.25) is 9.59 Å². The van der Waals surface area contributed by atoms with Crippen LogP contribution in [0.5, 0.6) is 0 Å². The summed E-state index contributed by atoms with van der Waals surface area (Å²) >= 11 is 1.15. The molecule has 7 nitrogen and oxygen atoms in total. The van der Waals surface area contributed by atoms with Gasteiger partial charge in [-0.2, -0.15) is 0 Å². The lowest BCUT2D eigenvalue weighted by molar-refractivity contribution is 0.0696. The van der Waals surface area contributed by atoms with Crippen molar-refractivity contribution in [3.05, 3.63) is 56.4 Å². The molecule has 0 aliphatic heterocycles. The number of carbonyl (C=O) groups is 2. The molecule has 0 saturated carbocycles. The van der Waals surface area contributed by atoms with Gasteiger partial charge in [0.2, 0.25) is 0 Å². The van der Waals surface area contributed by atoms with E-state index in [0.29, 0.717) is 32.2 Å². The molecule has 0 saturated heterocycles.